The summed E-state index contributed by atoms with van der Waals surface area (Å²) in [7, 11) is 0. The van der Waals surface area contributed by atoms with Gasteiger partial charge in [0.2, 0.25) is 0 Å². The molecule has 80 valence electrons. The van der Waals surface area contributed by atoms with E-state index in [0.29, 0.717) is 16.7 Å². The van der Waals surface area contributed by atoms with Gasteiger partial charge in [-0.05, 0) is 36.6 Å². The number of rotatable bonds is 3. The van der Waals surface area contributed by atoms with Crippen LogP contribution in [0.15, 0.2) is 23.2 Å². The second-order valence-corrected chi connectivity index (χ2v) is 4.43. The van der Waals surface area contributed by atoms with Crippen molar-refractivity contribution in [1.82, 2.24) is 0 Å². The Kier molecular flexibility index (Phi) is 3.49. The van der Waals surface area contributed by atoms with Crippen LogP contribution in [0.3, 0.4) is 0 Å². The van der Waals surface area contributed by atoms with Gasteiger partial charge in [-0.1, -0.05) is 23.2 Å². The fourth-order valence-electron chi connectivity index (χ4n) is 1.57. The van der Waals surface area contributed by atoms with Crippen LogP contribution in [-0.2, 0) is 11.2 Å². The number of hydrogen-bond acceptors (Lipinski definition) is 2. The zero-order valence-electron chi connectivity index (χ0n) is 8.12. The van der Waals surface area contributed by atoms with Crippen molar-refractivity contribution in [1.29, 1.82) is 0 Å². The molecule has 1 aromatic carbocycles. The van der Waals surface area contributed by atoms with E-state index in [4.69, 9.17) is 27.9 Å². The molecule has 1 unspecified atom stereocenters. The van der Waals surface area contributed by atoms with Gasteiger partial charge < -0.3 is 4.74 Å². The normalized spacial score (nSPS) is 19.2. The minimum atomic E-state index is 0.280. The van der Waals surface area contributed by atoms with Crippen LogP contribution in [0.25, 0.3) is 0 Å². The highest BCUT2D eigenvalue weighted by molar-refractivity contribution is 6.34. The number of halogens is 2. The second-order valence-electron chi connectivity index (χ2n) is 3.56. The number of aliphatic imine (C=N–C) groups is 1. The molecule has 0 fully saturated rings. The van der Waals surface area contributed by atoms with Crippen LogP contribution in [0.1, 0.15) is 12.0 Å². The van der Waals surface area contributed by atoms with E-state index in [1.165, 1.54) is 6.40 Å². The van der Waals surface area contributed by atoms with E-state index in [9.17, 15) is 0 Å². The average molecular weight is 244 g/mol. The number of benzene rings is 1. The zero-order chi connectivity index (χ0) is 10.7. The Balaban J connectivity index is 1.95. The first kappa shape index (κ1) is 10.8. The fraction of sp³-hybridized carbons (Fsp3) is 0.364. The van der Waals surface area contributed by atoms with Gasteiger partial charge in [0.25, 0.3) is 0 Å². The molecule has 15 heavy (non-hydrogen) atoms. The third kappa shape index (κ3) is 3.11. The van der Waals surface area contributed by atoms with Gasteiger partial charge in [-0.15, -0.1) is 0 Å². The lowest BCUT2D eigenvalue weighted by atomic mass is 10.1. The largest absolute Gasteiger partial charge is 0.481 e. The van der Waals surface area contributed by atoms with Gasteiger partial charge >= 0.3 is 0 Å². The van der Waals surface area contributed by atoms with Crippen LogP contribution < -0.4 is 0 Å². The van der Waals surface area contributed by atoms with E-state index in [1.54, 1.807) is 6.07 Å². The van der Waals surface area contributed by atoms with Crippen molar-refractivity contribution in [3.63, 3.8) is 0 Å². The van der Waals surface area contributed by atoms with E-state index >= 15 is 0 Å². The van der Waals surface area contributed by atoms with Gasteiger partial charge in [0, 0.05) is 10.0 Å². The summed E-state index contributed by atoms with van der Waals surface area (Å²) in [6.07, 6.45) is 3.41. The molecule has 1 heterocycles. The van der Waals surface area contributed by atoms with Crippen molar-refractivity contribution < 1.29 is 4.74 Å². The summed E-state index contributed by atoms with van der Waals surface area (Å²) in [5.41, 5.74) is 1.15. The van der Waals surface area contributed by atoms with Gasteiger partial charge in [0.05, 0.1) is 6.04 Å². The Morgan fingerprint density at radius 1 is 1.27 bits per heavy atom. The number of aryl methyl sites for hydroxylation is 1. The summed E-state index contributed by atoms with van der Waals surface area (Å²) in [4.78, 5) is 4.18. The minimum absolute atomic E-state index is 0.280. The van der Waals surface area contributed by atoms with Crippen LogP contribution in [-0.4, -0.2) is 19.0 Å². The van der Waals surface area contributed by atoms with Crippen molar-refractivity contribution in [3.8, 4) is 0 Å². The SMILES string of the molecule is Clc1cc(Cl)cc(CCC2COC=N2)c1. The summed E-state index contributed by atoms with van der Waals surface area (Å²) >= 11 is 11.8. The third-order valence-corrected chi connectivity index (χ3v) is 2.76. The van der Waals surface area contributed by atoms with Crippen LogP contribution >= 0.6 is 23.2 Å². The lowest BCUT2D eigenvalue weighted by molar-refractivity contribution is 0.322. The average Bonchev–Trinajstić information content (AvgIpc) is 2.65. The predicted octanol–water partition coefficient (Wildman–Crippen LogP) is 3.35. The molecule has 0 amide bonds. The van der Waals surface area contributed by atoms with Crippen molar-refractivity contribution in [3.05, 3.63) is 33.8 Å². The molecule has 0 saturated heterocycles. The van der Waals surface area contributed by atoms with E-state index in [1.807, 2.05) is 12.1 Å². The fourth-order valence-corrected chi connectivity index (χ4v) is 2.14. The smallest absolute Gasteiger partial charge is 0.169 e. The van der Waals surface area contributed by atoms with Gasteiger partial charge in [-0.25, -0.2) is 0 Å². The van der Waals surface area contributed by atoms with Crippen LogP contribution in [0.5, 0.6) is 0 Å². The molecule has 1 aliphatic heterocycles. The predicted molar refractivity (Wildman–Crippen MR) is 63.0 cm³/mol. The molecule has 2 rings (SSSR count). The molecule has 0 radical (unpaired) electrons. The summed E-state index contributed by atoms with van der Waals surface area (Å²) in [6, 6.07) is 5.89. The molecule has 1 aliphatic rings. The zero-order valence-corrected chi connectivity index (χ0v) is 9.63. The first-order valence-corrected chi connectivity index (χ1v) is 5.58. The van der Waals surface area contributed by atoms with Crippen molar-refractivity contribution in [2.45, 2.75) is 18.9 Å². The maximum atomic E-state index is 5.91. The maximum absolute atomic E-state index is 5.91. The molecule has 4 heteroatoms. The molecule has 0 saturated carbocycles. The summed E-state index contributed by atoms with van der Waals surface area (Å²) in [5.74, 6) is 0. The first-order valence-electron chi connectivity index (χ1n) is 4.82. The number of hydrogen-bond donors (Lipinski definition) is 0. The molecule has 0 aliphatic carbocycles. The highest BCUT2D eigenvalue weighted by atomic mass is 35.5. The van der Waals surface area contributed by atoms with Crippen LogP contribution in [0.2, 0.25) is 10.0 Å². The molecular weight excluding hydrogens is 233 g/mol. The Hall–Kier alpha value is -0.730. The van der Waals surface area contributed by atoms with E-state index in [0.717, 1.165) is 18.4 Å². The lowest BCUT2D eigenvalue weighted by Crippen LogP contribution is -2.07. The Bertz CT molecular complexity index is 359. The topological polar surface area (TPSA) is 21.6 Å². The first-order chi connectivity index (χ1) is 7.24. The van der Waals surface area contributed by atoms with E-state index in [-0.39, 0.29) is 6.04 Å². The van der Waals surface area contributed by atoms with Gasteiger partial charge in [0.1, 0.15) is 6.61 Å². The second kappa shape index (κ2) is 4.86. The maximum Gasteiger partial charge on any atom is 0.169 e. The van der Waals surface area contributed by atoms with Crippen molar-refractivity contribution in [2.24, 2.45) is 4.99 Å². The van der Waals surface area contributed by atoms with Crippen molar-refractivity contribution >= 4 is 29.6 Å². The molecule has 0 spiro atoms. The van der Waals surface area contributed by atoms with Crippen LogP contribution in [0.4, 0.5) is 0 Å². The Morgan fingerprint density at radius 3 is 2.60 bits per heavy atom. The molecular formula is C11H11Cl2NO. The molecule has 0 N–H and O–H groups in total. The highest BCUT2D eigenvalue weighted by Gasteiger charge is 2.11. The number of ether oxygens (including phenoxy) is 1. The quantitative estimate of drug-likeness (QED) is 0.798. The number of nitrogens with zero attached hydrogens (tertiary/aromatic N) is 1. The van der Waals surface area contributed by atoms with Crippen LogP contribution in [0, 0.1) is 0 Å². The molecule has 0 bridgehead atoms. The molecule has 2 nitrogen and oxygen atoms in total. The lowest BCUT2D eigenvalue weighted by Gasteiger charge is -2.06. The summed E-state index contributed by atoms with van der Waals surface area (Å²) in [5, 5.41) is 1.37. The summed E-state index contributed by atoms with van der Waals surface area (Å²) < 4.78 is 5.05. The van der Waals surface area contributed by atoms with E-state index in [2.05, 4.69) is 4.99 Å². The standard InChI is InChI=1S/C11H11Cl2NO/c12-9-3-8(4-10(13)5-9)1-2-11-6-15-7-14-11/h3-5,7,11H,1-2,6H2. The monoisotopic (exact) mass is 243 g/mol. The third-order valence-electron chi connectivity index (χ3n) is 2.32. The highest BCUT2D eigenvalue weighted by Crippen LogP contribution is 2.20. The minimum Gasteiger partial charge on any atom is -0.481 e. The van der Waals surface area contributed by atoms with Gasteiger partial charge in [-0.3, -0.25) is 4.99 Å². The van der Waals surface area contributed by atoms with Gasteiger partial charge in [0.15, 0.2) is 6.40 Å². The van der Waals surface area contributed by atoms with E-state index < -0.39 is 0 Å². The Labute approximate surface area is 98.9 Å². The van der Waals surface area contributed by atoms with Gasteiger partial charge in [-0.2, -0.15) is 0 Å². The molecule has 1 atom stereocenters. The van der Waals surface area contributed by atoms with Crippen molar-refractivity contribution in [2.75, 3.05) is 6.61 Å². The summed E-state index contributed by atoms with van der Waals surface area (Å²) in [6.45, 7) is 0.689. The molecule has 1 aromatic rings. The Morgan fingerprint density at radius 2 is 2.00 bits per heavy atom. The molecule has 0 aromatic heterocycles.